The van der Waals surface area contributed by atoms with Crippen LogP contribution in [0, 0.1) is 20.4 Å². The Kier molecular flexibility index (Phi) is 12.9. The van der Waals surface area contributed by atoms with E-state index in [1.165, 1.54) is 23.0 Å². The van der Waals surface area contributed by atoms with Crippen molar-refractivity contribution in [1.82, 2.24) is 24.4 Å². The number of aryl methyl sites for hydroxylation is 1. The van der Waals surface area contributed by atoms with Crippen LogP contribution in [-0.4, -0.2) is 58.1 Å². The summed E-state index contributed by atoms with van der Waals surface area (Å²) in [5.41, 5.74) is 3.99. The summed E-state index contributed by atoms with van der Waals surface area (Å²) in [7, 11) is 7.15. The first kappa shape index (κ1) is 32.5. The third kappa shape index (κ3) is 8.00. The number of aromatic nitrogens is 4. The largest absolute Gasteiger partial charge is 1.00 e. The number of methoxy groups -OCH3 is 1. The molecule has 0 saturated carbocycles. The van der Waals surface area contributed by atoms with Crippen molar-refractivity contribution >= 4 is 45.6 Å². The normalized spacial score (nSPS) is 9.95. The molecule has 4 rings (SSSR count). The molecule has 0 saturated heterocycles. The number of hydrogen-bond acceptors (Lipinski definition) is 9. The van der Waals surface area contributed by atoms with Gasteiger partial charge < -0.3 is 34.6 Å². The molecular weight excluding hydrogens is 497 g/mol. The number of nitrogens with one attached hydrogen (secondary N) is 2. The maximum atomic E-state index is 12.8. The number of carbonyl (C=O) groups excluding carboxylic acids is 1. The average Bonchev–Trinajstić information content (AvgIpc) is 3.41. The van der Waals surface area contributed by atoms with Gasteiger partial charge in [-0.3, -0.25) is 14.2 Å². The van der Waals surface area contributed by atoms with Crippen LogP contribution < -0.4 is 39.8 Å². The van der Waals surface area contributed by atoms with Gasteiger partial charge in [0.15, 0.2) is 0 Å². The molecule has 3 heterocycles. The van der Waals surface area contributed by atoms with E-state index in [1.54, 1.807) is 37.0 Å². The summed E-state index contributed by atoms with van der Waals surface area (Å²) in [6.45, 7) is 7.93. The van der Waals surface area contributed by atoms with Gasteiger partial charge in [-0.2, -0.15) is 11.1 Å². The summed E-state index contributed by atoms with van der Waals surface area (Å²) in [5.74, 6) is 0.378. The van der Waals surface area contributed by atoms with Crippen LogP contribution in [0.5, 0.6) is 5.75 Å². The number of carbonyl (C=O) groups is 1. The number of rotatable bonds is 7. The van der Waals surface area contributed by atoms with Gasteiger partial charge in [0.2, 0.25) is 11.9 Å². The first-order valence-corrected chi connectivity index (χ1v) is 11.7. The van der Waals surface area contributed by atoms with E-state index in [4.69, 9.17) is 4.74 Å². The molecule has 0 aliphatic rings. The smallest absolute Gasteiger partial charge is 0.552 e. The molecule has 3 aromatic heterocycles. The van der Waals surface area contributed by atoms with Crippen LogP contribution in [0.3, 0.4) is 0 Å². The van der Waals surface area contributed by atoms with E-state index in [0.717, 1.165) is 12.6 Å². The Morgan fingerprint density at radius 1 is 1.34 bits per heavy atom. The van der Waals surface area contributed by atoms with Crippen LogP contribution in [0.1, 0.15) is 0 Å². The molecule has 1 amide bonds. The van der Waals surface area contributed by atoms with Gasteiger partial charge in [0.25, 0.3) is 5.56 Å². The van der Waals surface area contributed by atoms with Crippen LogP contribution >= 0.6 is 11.3 Å². The molecule has 38 heavy (non-hydrogen) atoms. The minimum absolute atomic E-state index is 0. The van der Waals surface area contributed by atoms with Gasteiger partial charge in [-0.05, 0) is 31.9 Å². The number of fused-ring (bicyclic) bond motifs is 1. The number of pyridine rings is 1. The topological polar surface area (TPSA) is 114 Å². The molecule has 12 heteroatoms. The van der Waals surface area contributed by atoms with Crippen LogP contribution in [0.15, 0.2) is 52.7 Å². The molecule has 0 aliphatic heterocycles. The molecule has 0 spiro atoms. The maximum Gasteiger partial charge on any atom is 1.00 e. The second kappa shape index (κ2) is 15.0. The van der Waals surface area contributed by atoms with Gasteiger partial charge in [0.1, 0.15) is 5.65 Å². The third-order valence-corrected chi connectivity index (χ3v) is 5.51. The van der Waals surface area contributed by atoms with E-state index < -0.39 is 0 Å². The molecule has 0 radical (unpaired) electrons. The van der Waals surface area contributed by atoms with Gasteiger partial charge in [0, 0.05) is 29.8 Å². The second-order valence-corrected chi connectivity index (χ2v) is 8.44. The molecule has 0 aliphatic carbocycles. The Hall–Kier alpha value is -3.49. The summed E-state index contributed by atoms with van der Waals surface area (Å²) in [4.78, 5) is 39.5. The van der Waals surface area contributed by atoms with Crippen LogP contribution in [-0.2, 0) is 11.8 Å². The number of thiazole rings is 1. The molecular formula is C26H30LiN7O3S-2. The van der Waals surface area contributed by atoms with Crippen molar-refractivity contribution in [1.29, 1.82) is 0 Å². The van der Waals surface area contributed by atoms with E-state index in [1.807, 2.05) is 24.4 Å². The Morgan fingerprint density at radius 3 is 2.63 bits per heavy atom. The maximum absolute atomic E-state index is 12.8. The van der Waals surface area contributed by atoms with Crippen LogP contribution in [0.2, 0.25) is 0 Å². The number of anilines is 3. The Labute approximate surface area is 239 Å². The SMILES string of the molecule is C=CC(=O)Nc1[c-]cc(OC)c(Nc2ncc3cc(-c4cscn4)c(=O)n(C)c3n2)c1.[CH2-]CN(C)C.[CH3-].[Li+]. The Bertz CT molecular complexity index is 1420. The predicted molar refractivity (Wildman–Crippen MR) is 150 cm³/mol. The Balaban J connectivity index is 0.000000946. The van der Waals surface area contributed by atoms with Crippen molar-refractivity contribution in [3.8, 4) is 17.0 Å². The van der Waals surface area contributed by atoms with Crippen LogP contribution in [0.25, 0.3) is 22.3 Å². The van der Waals surface area contributed by atoms with Gasteiger partial charge in [0.05, 0.1) is 23.9 Å². The van der Waals surface area contributed by atoms with Crippen molar-refractivity contribution in [2.45, 2.75) is 0 Å². The minimum atomic E-state index is -0.361. The molecule has 196 valence electrons. The Morgan fingerprint density at radius 2 is 2.05 bits per heavy atom. The summed E-state index contributed by atoms with van der Waals surface area (Å²) in [6, 6.07) is 7.86. The fourth-order valence-electron chi connectivity index (χ4n) is 2.96. The van der Waals surface area contributed by atoms with E-state index >= 15 is 0 Å². The van der Waals surface area contributed by atoms with Gasteiger partial charge in [-0.25, -0.2) is 9.97 Å². The zero-order valence-electron chi connectivity index (χ0n) is 22.5. The molecule has 0 atom stereocenters. The van der Waals surface area contributed by atoms with Crippen molar-refractivity contribution in [3.63, 3.8) is 0 Å². The number of ether oxygens (including phenoxy) is 1. The molecule has 2 N–H and O–H groups in total. The molecule has 1 aromatic carbocycles. The minimum Gasteiger partial charge on any atom is -0.552 e. The summed E-state index contributed by atoms with van der Waals surface area (Å²) < 4.78 is 6.81. The second-order valence-electron chi connectivity index (χ2n) is 7.72. The first-order valence-electron chi connectivity index (χ1n) is 10.8. The van der Waals surface area contributed by atoms with Crippen LogP contribution in [0.4, 0.5) is 17.3 Å². The standard InChI is InChI=1S/C21H17N6O3S.C4H10N.CH3.Li/c1-4-18(28)24-13-5-6-17(30-3)15(8-13)25-21-22-9-12-7-14(16-10-31-11-23-16)20(29)27(2)19(12)26-21;1-4-5(2)3;;/h4,6-11H,1H2,2-3H3,(H,24,28)(H,22,25,26);1,4H2,2-3H3;1H3;/q3*-1;+1. The van der Waals surface area contributed by atoms with E-state index in [-0.39, 0.29) is 43.7 Å². The molecule has 0 bridgehead atoms. The third-order valence-electron chi connectivity index (χ3n) is 4.93. The number of hydrogen-bond donors (Lipinski definition) is 2. The summed E-state index contributed by atoms with van der Waals surface area (Å²) >= 11 is 1.42. The number of benzene rings is 1. The predicted octanol–water partition coefficient (Wildman–Crippen LogP) is 0.965. The number of amides is 1. The molecule has 0 fully saturated rings. The van der Waals surface area contributed by atoms with Gasteiger partial charge in [-0.15, -0.1) is 30.0 Å². The van der Waals surface area contributed by atoms with Gasteiger partial charge in [-0.1, -0.05) is 12.3 Å². The fraction of sp³-hybridized carbons (Fsp3) is 0.192. The zero-order valence-corrected chi connectivity index (χ0v) is 23.3. The zero-order chi connectivity index (χ0) is 26.2. The quantitative estimate of drug-likeness (QED) is 0.208. The fourth-order valence-corrected chi connectivity index (χ4v) is 3.51. The van der Waals surface area contributed by atoms with E-state index in [0.29, 0.717) is 39.4 Å². The van der Waals surface area contributed by atoms with Crippen molar-refractivity contribution in [3.05, 3.63) is 78.7 Å². The van der Waals surface area contributed by atoms with Crippen molar-refractivity contribution < 1.29 is 28.4 Å². The first-order chi connectivity index (χ1) is 17.3. The summed E-state index contributed by atoms with van der Waals surface area (Å²) in [6.07, 6.45) is 2.79. The number of nitrogens with zero attached hydrogens (tertiary/aromatic N) is 5. The van der Waals surface area contributed by atoms with E-state index in [2.05, 4.69) is 45.2 Å². The average molecular weight is 528 g/mol. The van der Waals surface area contributed by atoms with Crippen molar-refractivity contribution in [2.24, 2.45) is 7.05 Å². The monoisotopic (exact) mass is 527 g/mol. The molecule has 4 aromatic rings. The summed E-state index contributed by atoms with van der Waals surface area (Å²) in [5, 5.41) is 8.22. The van der Waals surface area contributed by atoms with Gasteiger partial charge >= 0.3 is 18.9 Å². The van der Waals surface area contributed by atoms with Crippen molar-refractivity contribution in [2.75, 3.05) is 38.4 Å². The van der Waals surface area contributed by atoms with E-state index in [9.17, 15) is 9.59 Å². The molecule has 0 unspecified atom stereocenters. The molecule has 10 nitrogen and oxygen atoms in total.